The minimum atomic E-state index is -2.01. The van der Waals surface area contributed by atoms with Gasteiger partial charge in [0.15, 0.2) is 0 Å². The van der Waals surface area contributed by atoms with E-state index >= 15 is 0 Å². The molecule has 0 rings (SSSR count). The van der Waals surface area contributed by atoms with Crippen LogP contribution < -0.4 is 0 Å². The molecule has 0 aliphatic heterocycles. The maximum atomic E-state index is 10.1. The molecule has 0 amide bonds. The van der Waals surface area contributed by atoms with E-state index in [-0.39, 0.29) is 0 Å². The Hall–Kier alpha value is -0.218. The van der Waals surface area contributed by atoms with Crippen molar-refractivity contribution in [1.29, 1.82) is 0 Å². The second kappa shape index (κ2) is 6.49. The third kappa shape index (κ3) is 9.78. The summed E-state index contributed by atoms with van der Waals surface area (Å²) >= 11 is -2.01. The van der Waals surface area contributed by atoms with Gasteiger partial charge in [-0.2, -0.15) is 0 Å². The molecule has 7 heteroatoms. The molecule has 0 aromatic rings. The Bertz CT molecular complexity index is 130. The Morgan fingerprint density at radius 2 is 1.36 bits per heavy atom. The van der Waals surface area contributed by atoms with E-state index in [0.29, 0.717) is 0 Å². The third-order valence-electron chi connectivity index (χ3n) is 0.386. The standard InChI is InChI=1S/2C2H4O3.Pb/c2*1-2(3)5-4;/h2*4H,1H3;/q;;+2/p-2. The normalized spacial score (nSPS) is 8.91. The predicted molar refractivity (Wildman–Crippen MR) is 31.5 cm³/mol. The Morgan fingerprint density at radius 1 is 1.00 bits per heavy atom. The van der Waals surface area contributed by atoms with Crippen LogP contribution in [0, 0.1) is 0 Å². The van der Waals surface area contributed by atoms with Crippen LogP contribution in [0.2, 0.25) is 0 Å². The maximum absolute atomic E-state index is 10.1. The molecule has 62 valence electrons. The van der Waals surface area contributed by atoms with E-state index in [1.807, 2.05) is 0 Å². The van der Waals surface area contributed by atoms with Crippen LogP contribution in [0.5, 0.6) is 0 Å². The summed E-state index contributed by atoms with van der Waals surface area (Å²) in [5.41, 5.74) is 0. The summed E-state index contributed by atoms with van der Waals surface area (Å²) in [6.07, 6.45) is 0. The van der Waals surface area contributed by atoms with Crippen LogP contribution in [0.25, 0.3) is 0 Å². The van der Waals surface area contributed by atoms with Crippen molar-refractivity contribution < 1.29 is 25.0 Å². The third-order valence-corrected chi connectivity index (χ3v) is 1.56. The van der Waals surface area contributed by atoms with Crippen LogP contribution in [0.1, 0.15) is 13.8 Å². The van der Waals surface area contributed by atoms with Gasteiger partial charge in [-0.3, -0.25) is 0 Å². The summed E-state index contributed by atoms with van der Waals surface area (Å²) in [6.45, 7) is 2.38. The summed E-state index contributed by atoms with van der Waals surface area (Å²) < 4.78 is 8.58. The molecule has 0 aliphatic carbocycles. The molecule has 0 aliphatic rings. The van der Waals surface area contributed by atoms with Gasteiger partial charge in [0, 0.05) is 0 Å². The number of carbonyl (C=O) groups is 2. The summed E-state index contributed by atoms with van der Waals surface area (Å²) in [6, 6.07) is 0. The van der Waals surface area contributed by atoms with Gasteiger partial charge in [0.25, 0.3) is 0 Å². The van der Waals surface area contributed by atoms with Gasteiger partial charge < -0.3 is 0 Å². The summed E-state index contributed by atoms with van der Waals surface area (Å²) in [5, 5.41) is 0. The molecule has 6 nitrogen and oxygen atoms in total. The minimum absolute atomic E-state index is 0.566. The van der Waals surface area contributed by atoms with Gasteiger partial charge in [-0.05, 0) is 0 Å². The van der Waals surface area contributed by atoms with Crippen LogP contribution >= 0.6 is 0 Å². The van der Waals surface area contributed by atoms with Crippen molar-refractivity contribution in [3.63, 3.8) is 0 Å². The van der Waals surface area contributed by atoms with Crippen molar-refractivity contribution in [2.45, 2.75) is 13.8 Å². The molecule has 0 N–H and O–H groups in total. The van der Waals surface area contributed by atoms with Crippen LogP contribution in [0.4, 0.5) is 0 Å². The van der Waals surface area contributed by atoms with E-state index in [4.69, 9.17) is 0 Å². The first-order valence-electron chi connectivity index (χ1n) is 2.56. The molecule has 0 atom stereocenters. The van der Waals surface area contributed by atoms with Crippen molar-refractivity contribution in [1.82, 2.24) is 0 Å². The average Bonchev–Trinajstić information content (AvgIpc) is 1.85. The first kappa shape index (κ1) is 10.8. The van der Waals surface area contributed by atoms with E-state index in [0.717, 1.165) is 0 Å². The summed E-state index contributed by atoms with van der Waals surface area (Å²) in [7, 11) is 0. The summed E-state index contributed by atoms with van der Waals surface area (Å²) in [5.74, 6) is -1.13. The Labute approximate surface area is 76.1 Å². The molecule has 11 heavy (non-hydrogen) atoms. The zero-order chi connectivity index (χ0) is 8.69. The van der Waals surface area contributed by atoms with Crippen LogP contribution in [0.15, 0.2) is 0 Å². The van der Waals surface area contributed by atoms with E-state index in [9.17, 15) is 9.59 Å². The quantitative estimate of drug-likeness (QED) is 0.293. The number of rotatable bonds is 4. The van der Waals surface area contributed by atoms with Gasteiger partial charge in [0.2, 0.25) is 0 Å². The molecule has 0 heterocycles. The van der Waals surface area contributed by atoms with Gasteiger partial charge >= 0.3 is 76.0 Å². The first-order valence-corrected chi connectivity index (χ1v) is 5.73. The van der Waals surface area contributed by atoms with E-state index in [2.05, 4.69) is 15.5 Å². The predicted octanol–water partition coefficient (Wildman–Crippen LogP) is -0.490. The molecular formula is C4H6O6Pb. The average molecular weight is 357 g/mol. The monoisotopic (exact) mass is 358 g/mol. The van der Waals surface area contributed by atoms with Crippen LogP contribution in [-0.4, -0.2) is 37.1 Å². The van der Waals surface area contributed by atoms with Gasteiger partial charge in [-0.25, -0.2) is 0 Å². The van der Waals surface area contributed by atoms with Crippen LogP contribution in [0.3, 0.4) is 0 Å². The second-order valence-corrected chi connectivity index (χ2v) is 3.34. The molecule has 0 aromatic heterocycles. The molecule has 0 aromatic carbocycles. The van der Waals surface area contributed by atoms with Crippen molar-refractivity contribution in [2.75, 3.05) is 0 Å². The molecule has 2 radical (unpaired) electrons. The van der Waals surface area contributed by atoms with Gasteiger partial charge in [0.1, 0.15) is 0 Å². The Balaban J connectivity index is 3.03. The number of carbonyl (C=O) groups excluding carboxylic acids is 2. The van der Waals surface area contributed by atoms with Gasteiger partial charge in [-0.1, -0.05) is 0 Å². The zero-order valence-electron chi connectivity index (χ0n) is 5.95. The fourth-order valence-electron chi connectivity index (χ4n) is 0.165. The van der Waals surface area contributed by atoms with Crippen molar-refractivity contribution in [3.8, 4) is 0 Å². The fraction of sp³-hybridized carbons (Fsp3) is 0.500. The first-order chi connectivity index (χ1) is 5.13. The SMILES string of the molecule is CC(=O)O[O][Pb][O]OC(C)=O. The van der Waals surface area contributed by atoms with Gasteiger partial charge in [0.05, 0.1) is 0 Å². The Kier molecular flexibility index (Phi) is 6.36. The summed E-state index contributed by atoms with van der Waals surface area (Å²) in [4.78, 5) is 28.2. The molecule has 0 unspecified atom stereocenters. The number of hydrogen-bond acceptors (Lipinski definition) is 6. The van der Waals surface area contributed by atoms with E-state index in [1.165, 1.54) is 13.8 Å². The molecule has 0 spiro atoms. The van der Waals surface area contributed by atoms with Crippen molar-refractivity contribution >= 4 is 37.1 Å². The fourth-order valence-corrected chi connectivity index (χ4v) is 1.45. The van der Waals surface area contributed by atoms with E-state index < -0.39 is 37.1 Å². The topological polar surface area (TPSA) is 71.1 Å². The van der Waals surface area contributed by atoms with E-state index in [1.54, 1.807) is 0 Å². The zero-order valence-corrected chi connectivity index (χ0v) is 9.84. The van der Waals surface area contributed by atoms with Gasteiger partial charge in [-0.15, -0.1) is 0 Å². The van der Waals surface area contributed by atoms with Crippen molar-refractivity contribution in [2.24, 2.45) is 0 Å². The Morgan fingerprint density at radius 3 is 1.64 bits per heavy atom. The van der Waals surface area contributed by atoms with Crippen LogP contribution in [-0.2, 0) is 25.0 Å². The molecule has 0 bridgehead atoms. The molecule has 0 saturated heterocycles. The van der Waals surface area contributed by atoms with Crippen molar-refractivity contribution in [3.05, 3.63) is 0 Å². The number of hydrogen-bond donors (Lipinski definition) is 0. The second-order valence-electron chi connectivity index (χ2n) is 1.40. The molecular weight excluding hydrogens is 351 g/mol. The molecule has 0 saturated carbocycles. The molecule has 0 fully saturated rings.